The van der Waals surface area contributed by atoms with E-state index in [0.29, 0.717) is 11.5 Å². The lowest BCUT2D eigenvalue weighted by molar-refractivity contribution is -0.131. The molecule has 0 aliphatic carbocycles. The van der Waals surface area contributed by atoms with Crippen LogP contribution in [0, 0.1) is 11.8 Å². The van der Waals surface area contributed by atoms with E-state index in [4.69, 9.17) is 4.74 Å². The fourth-order valence-corrected chi connectivity index (χ4v) is 4.94. The standard InChI is InChI=1S/C22H27N3O5S2/c1-4-5-13-30-18-8-10-19(11-9-18)32(28,29)16-24-20(21(26)25-27)22(2,3)31-15-17-7-6-12-23-14-17/h6-12,14,20,24,27H,13,15-16H2,1-3H3,(H,25,26). The zero-order chi connectivity index (χ0) is 23.6. The second-order valence-corrected chi connectivity index (χ2v) is 10.9. The number of rotatable bonds is 11. The number of carbonyl (C=O) groups excluding carboxylic acids is 1. The molecule has 0 aliphatic heterocycles. The summed E-state index contributed by atoms with van der Waals surface area (Å²) in [6, 6.07) is 8.74. The van der Waals surface area contributed by atoms with Crippen molar-refractivity contribution in [2.24, 2.45) is 0 Å². The molecule has 0 spiro atoms. The first-order chi connectivity index (χ1) is 15.2. The van der Waals surface area contributed by atoms with Crippen molar-refractivity contribution in [1.29, 1.82) is 0 Å². The Labute approximate surface area is 193 Å². The number of pyridine rings is 1. The number of aromatic nitrogens is 1. The summed E-state index contributed by atoms with van der Waals surface area (Å²) in [5.74, 6) is 5.34. The van der Waals surface area contributed by atoms with Gasteiger partial charge >= 0.3 is 0 Å². The van der Waals surface area contributed by atoms with Crippen LogP contribution < -0.4 is 15.5 Å². The number of hydroxylamine groups is 1. The Morgan fingerprint density at radius 1 is 1.28 bits per heavy atom. The molecular weight excluding hydrogens is 450 g/mol. The van der Waals surface area contributed by atoms with Gasteiger partial charge < -0.3 is 4.74 Å². The molecule has 1 aromatic carbocycles. The third kappa shape index (κ3) is 7.53. The number of hydrogen-bond acceptors (Lipinski definition) is 8. The molecule has 0 saturated carbocycles. The second kappa shape index (κ2) is 11.9. The van der Waals surface area contributed by atoms with Crippen molar-refractivity contribution in [3.63, 3.8) is 0 Å². The Morgan fingerprint density at radius 2 is 2.00 bits per heavy atom. The fourth-order valence-electron chi connectivity index (χ4n) is 2.77. The van der Waals surface area contributed by atoms with E-state index >= 15 is 0 Å². The SMILES string of the molecule is CC#CCOc1ccc(S(=O)(=O)CNC(C(=O)NO)C(C)(C)SCc2cccnc2)cc1. The van der Waals surface area contributed by atoms with Gasteiger partial charge in [-0.25, -0.2) is 13.9 Å². The van der Waals surface area contributed by atoms with Crippen LogP contribution in [0.2, 0.25) is 0 Å². The van der Waals surface area contributed by atoms with Crippen LogP contribution in [0.15, 0.2) is 53.7 Å². The smallest absolute Gasteiger partial charge is 0.261 e. The maximum atomic E-state index is 12.8. The monoisotopic (exact) mass is 477 g/mol. The molecule has 0 saturated heterocycles. The predicted octanol–water partition coefficient (Wildman–Crippen LogP) is 2.39. The Morgan fingerprint density at radius 3 is 2.59 bits per heavy atom. The van der Waals surface area contributed by atoms with Crippen molar-refractivity contribution in [3.05, 3.63) is 54.4 Å². The lowest BCUT2D eigenvalue weighted by Gasteiger charge is -2.33. The quantitative estimate of drug-likeness (QED) is 0.257. The van der Waals surface area contributed by atoms with Crippen molar-refractivity contribution in [3.8, 4) is 17.6 Å². The van der Waals surface area contributed by atoms with Crippen molar-refractivity contribution >= 4 is 27.5 Å². The summed E-state index contributed by atoms with van der Waals surface area (Å²) < 4.78 is 30.2. The van der Waals surface area contributed by atoms with Crippen LogP contribution in [-0.4, -0.2) is 47.8 Å². The van der Waals surface area contributed by atoms with Crippen LogP contribution in [-0.2, 0) is 20.4 Å². The van der Waals surface area contributed by atoms with Gasteiger partial charge in [-0.05, 0) is 56.7 Å². The van der Waals surface area contributed by atoms with Gasteiger partial charge in [0.25, 0.3) is 5.91 Å². The van der Waals surface area contributed by atoms with Crippen LogP contribution in [0.3, 0.4) is 0 Å². The minimum absolute atomic E-state index is 0.0860. The van der Waals surface area contributed by atoms with E-state index < -0.39 is 32.4 Å². The second-order valence-electron chi connectivity index (χ2n) is 7.31. The molecule has 0 fully saturated rings. The van der Waals surface area contributed by atoms with Crippen LogP contribution >= 0.6 is 11.8 Å². The number of sulfone groups is 1. The van der Waals surface area contributed by atoms with Crippen LogP contribution in [0.25, 0.3) is 0 Å². The molecule has 1 unspecified atom stereocenters. The molecule has 0 radical (unpaired) electrons. The number of ether oxygens (including phenoxy) is 1. The molecule has 0 aliphatic rings. The first-order valence-corrected chi connectivity index (χ1v) is 12.4. The Balaban J connectivity index is 2.07. The summed E-state index contributed by atoms with van der Waals surface area (Å²) in [6.45, 7) is 5.53. The Kier molecular flexibility index (Phi) is 9.53. The molecule has 172 valence electrons. The van der Waals surface area contributed by atoms with E-state index in [1.54, 1.807) is 50.8 Å². The van der Waals surface area contributed by atoms with E-state index in [0.717, 1.165) is 5.56 Å². The Bertz CT molecular complexity index is 1050. The van der Waals surface area contributed by atoms with Crippen molar-refractivity contribution < 1.29 is 23.2 Å². The summed E-state index contributed by atoms with van der Waals surface area (Å²) in [7, 11) is -3.74. The first kappa shape index (κ1) is 25.7. The first-order valence-electron chi connectivity index (χ1n) is 9.75. The molecule has 1 heterocycles. The zero-order valence-electron chi connectivity index (χ0n) is 18.2. The highest BCUT2D eigenvalue weighted by molar-refractivity contribution is 8.00. The van der Waals surface area contributed by atoms with Gasteiger partial charge in [0.2, 0.25) is 0 Å². The van der Waals surface area contributed by atoms with E-state index in [1.165, 1.54) is 23.9 Å². The molecule has 0 bridgehead atoms. The number of nitrogens with one attached hydrogen (secondary N) is 2. The van der Waals surface area contributed by atoms with Gasteiger partial charge in [0.1, 0.15) is 24.3 Å². The summed E-state index contributed by atoms with van der Waals surface area (Å²) in [6.07, 6.45) is 3.40. The molecule has 1 aromatic heterocycles. The molecular formula is C22H27N3O5S2. The summed E-state index contributed by atoms with van der Waals surface area (Å²) in [5.41, 5.74) is 2.59. The maximum Gasteiger partial charge on any atom is 0.261 e. The normalized spacial score (nSPS) is 12.4. The molecule has 3 N–H and O–H groups in total. The summed E-state index contributed by atoms with van der Waals surface area (Å²) in [5, 5.41) is 12.0. The number of benzene rings is 1. The highest BCUT2D eigenvalue weighted by Crippen LogP contribution is 2.31. The van der Waals surface area contributed by atoms with Gasteiger partial charge in [0.15, 0.2) is 9.84 Å². The van der Waals surface area contributed by atoms with Crippen molar-refractivity contribution in [1.82, 2.24) is 15.8 Å². The lowest BCUT2D eigenvalue weighted by Crippen LogP contribution is -2.55. The number of hydrogen-bond donors (Lipinski definition) is 3. The van der Waals surface area contributed by atoms with Crippen LogP contribution in [0.5, 0.6) is 5.75 Å². The van der Waals surface area contributed by atoms with E-state index in [2.05, 4.69) is 22.1 Å². The maximum absolute atomic E-state index is 12.8. The van der Waals surface area contributed by atoms with Gasteiger partial charge in [-0.3, -0.25) is 20.3 Å². The van der Waals surface area contributed by atoms with Gasteiger partial charge in [-0.2, -0.15) is 0 Å². The van der Waals surface area contributed by atoms with E-state index in [9.17, 15) is 18.4 Å². The minimum atomic E-state index is -3.74. The van der Waals surface area contributed by atoms with E-state index in [-0.39, 0.29) is 11.5 Å². The van der Waals surface area contributed by atoms with E-state index in [1.807, 2.05) is 12.1 Å². The molecule has 32 heavy (non-hydrogen) atoms. The number of amides is 1. The highest BCUT2D eigenvalue weighted by Gasteiger charge is 2.36. The van der Waals surface area contributed by atoms with Crippen LogP contribution in [0.4, 0.5) is 0 Å². The van der Waals surface area contributed by atoms with Gasteiger partial charge in [-0.1, -0.05) is 12.0 Å². The fraction of sp³-hybridized carbons (Fsp3) is 0.364. The van der Waals surface area contributed by atoms with Gasteiger partial charge in [0, 0.05) is 22.9 Å². The minimum Gasteiger partial charge on any atom is -0.481 e. The molecule has 8 nitrogen and oxygen atoms in total. The zero-order valence-corrected chi connectivity index (χ0v) is 19.8. The Hall–Kier alpha value is -2.58. The molecule has 10 heteroatoms. The van der Waals surface area contributed by atoms with Crippen molar-refractivity contribution in [2.75, 3.05) is 12.5 Å². The average molecular weight is 478 g/mol. The summed E-state index contributed by atoms with van der Waals surface area (Å²) >= 11 is 1.44. The van der Waals surface area contributed by atoms with Crippen LogP contribution in [0.1, 0.15) is 26.3 Å². The third-order valence-corrected chi connectivity index (χ3v) is 7.54. The molecule has 2 rings (SSSR count). The third-order valence-electron chi connectivity index (χ3n) is 4.55. The van der Waals surface area contributed by atoms with Gasteiger partial charge in [0.05, 0.1) is 4.90 Å². The van der Waals surface area contributed by atoms with Crippen molar-refractivity contribution in [2.45, 2.75) is 42.2 Å². The number of carbonyl (C=O) groups is 1. The highest BCUT2D eigenvalue weighted by atomic mass is 32.2. The number of thioether (sulfide) groups is 1. The topological polar surface area (TPSA) is 118 Å². The molecule has 2 aromatic rings. The van der Waals surface area contributed by atoms with Gasteiger partial charge in [-0.15, -0.1) is 17.7 Å². The molecule has 1 amide bonds. The lowest BCUT2D eigenvalue weighted by atomic mass is 10.0. The number of nitrogens with zero attached hydrogens (tertiary/aromatic N) is 1. The average Bonchev–Trinajstić information content (AvgIpc) is 2.78. The largest absolute Gasteiger partial charge is 0.481 e. The molecule has 1 atom stereocenters. The predicted molar refractivity (Wildman–Crippen MR) is 124 cm³/mol. The summed E-state index contributed by atoms with van der Waals surface area (Å²) in [4.78, 5) is 16.5.